The molecule has 114 valence electrons. The summed E-state index contributed by atoms with van der Waals surface area (Å²) >= 11 is 0. The molecule has 0 fully saturated rings. The number of benzene rings is 1. The van der Waals surface area contributed by atoms with Gasteiger partial charge in [0.15, 0.2) is 11.5 Å². The third kappa shape index (κ3) is 4.97. The average Bonchev–Trinajstić information content (AvgIpc) is 2.41. The molecule has 0 aliphatic heterocycles. The van der Waals surface area contributed by atoms with Crippen LogP contribution in [0.15, 0.2) is 18.2 Å². The molecule has 0 saturated carbocycles. The smallest absolute Gasteiger partial charge is 0.434 e. The first-order valence-electron chi connectivity index (χ1n) is 5.95. The van der Waals surface area contributed by atoms with E-state index in [-0.39, 0.29) is 30.4 Å². The first-order valence-corrected chi connectivity index (χ1v) is 5.95. The molecule has 1 aromatic carbocycles. The van der Waals surface area contributed by atoms with Crippen molar-refractivity contribution >= 4 is 18.0 Å². The van der Waals surface area contributed by atoms with Crippen LogP contribution >= 0.6 is 0 Å². The molecular formula is C12H13NO8. The zero-order valence-corrected chi connectivity index (χ0v) is 11.4. The van der Waals surface area contributed by atoms with Crippen molar-refractivity contribution in [1.29, 1.82) is 0 Å². The second-order valence-corrected chi connectivity index (χ2v) is 3.46. The summed E-state index contributed by atoms with van der Waals surface area (Å²) in [6, 6.07) is 3.14. The van der Waals surface area contributed by atoms with Crippen LogP contribution < -0.4 is 9.47 Å². The van der Waals surface area contributed by atoms with E-state index in [0.717, 1.165) is 18.2 Å². The van der Waals surface area contributed by atoms with Crippen molar-refractivity contribution in [2.75, 3.05) is 13.2 Å². The van der Waals surface area contributed by atoms with Gasteiger partial charge in [0.1, 0.15) is 0 Å². The summed E-state index contributed by atoms with van der Waals surface area (Å²) in [5.74, 6) is -0.525. The van der Waals surface area contributed by atoms with Crippen LogP contribution in [-0.4, -0.2) is 30.4 Å². The molecule has 0 aliphatic carbocycles. The quantitative estimate of drug-likeness (QED) is 0.353. The molecule has 0 atom stereocenters. The van der Waals surface area contributed by atoms with Crippen molar-refractivity contribution in [3.63, 3.8) is 0 Å². The lowest BCUT2D eigenvalue weighted by molar-refractivity contribution is -0.384. The van der Waals surface area contributed by atoms with Gasteiger partial charge in [-0.1, -0.05) is 0 Å². The van der Waals surface area contributed by atoms with Crippen molar-refractivity contribution < 1.29 is 33.5 Å². The number of rotatable bonds is 5. The number of carbonyl (C=O) groups excluding carboxylic acids is 2. The fourth-order valence-corrected chi connectivity index (χ4v) is 1.25. The molecule has 1 aromatic rings. The zero-order valence-electron chi connectivity index (χ0n) is 11.4. The monoisotopic (exact) mass is 299 g/mol. The van der Waals surface area contributed by atoms with E-state index in [9.17, 15) is 19.7 Å². The maximum Gasteiger partial charge on any atom is 0.513 e. The Kier molecular flexibility index (Phi) is 5.93. The fourth-order valence-electron chi connectivity index (χ4n) is 1.25. The molecule has 1 rings (SSSR count). The highest BCUT2D eigenvalue weighted by atomic mass is 16.7. The van der Waals surface area contributed by atoms with Gasteiger partial charge in [0.05, 0.1) is 24.2 Å². The summed E-state index contributed by atoms with van der Waals surface area (Å²) in [7, 11) is 0. The van der Waals surface area contributed by atoms with Crippen molar-refractivity contribution in [2.24, 2.45) is 0 Å². The second-order valence-electron chi connectivity index (χ2n) is 3.46. The van der Waals surface area contributed by atoms with Gasteiger partial charge in [-0.15, -0.1) is 0 Å². The molecule has 0 heterocycles. The van der Waals surface area contributed by atoms with Gasteiger partial charge >= 0.3 is 12.3 Å². The topological polar surface area (TPSA) is 114 Å². The molecule has 0 spiro atoms. The van der Waals surface area contributed by atoms with Crippen LogP contribution in [0.4, 0.5) is 15.3 Å². The number of nitrogens with zero attached hydrogens (tertiary/aromatic N) is 1. The third-order valence-electron chi connectivity index (χ3n) is 2.05. The molecule has 0 unspecified atom stereocenters. The van der Waals surface area contributed by atoms with Gasteiger partial charge in [0.2, 0.25) is 0 Å². The molecular weight excluding hydrogens is 286 g/mol. The van der Waals surface area contributed by atoms with Crippen molar-refractivity contribution in [1.82, 2.24) is 0 Å². The number of non-ortho nitro benzene ring substituents is 1. The number of ether oxygens (including phenoxy) is 4. The largest absolute Gasteiger partial charge is 0.513 e. The SMILES string of the molecule is CCOC(=O)Oc1ccc([N+](=O)[O-])cc1OC(=O)OCC. The molecule has 9 heteroatoms. The number of hydrogen-bond donors (Lipinski definition) is 0. The first-order chi connectivity index (χ1) is 9.97. The summed E-state index contributed by atoms with van der Waals surface area (Å²) in [5, 5.41) is 10.7. The minimum atomic E-state index is -1.08. The Bertz CT molecular complexity index is 542. The van der Waals surface area contributed by atoms with Gasteiger partial charge in [-0.25, -0.2) is 9.59 Å². The van der Waals surface area contributed by atoms with E-state index in [1.807, 2.05) is 0 Å². The third-order valence-corrected chi connectivity index (χ3v) is 2.05. The Labute approximate surface area is 119 Å². The van der Waals surface area contributed by atoms with Gasteiger partial charge < -0.3 is 18.9 Å². The van der Waals surface area contributed by atoms with E-state index in [4.69, 9.17) is 9.47 Å². The molecule has 0 saturated heterocycles. The minimum absolute atomic E-state index is 0.0574. The molecule has 0 aliphatic rings. The first kappa shape index (κ1) is 16.2. The van der Waals surface area contributed by atoms with E-state index in [2.05, 4.69) is 9.47 Å². The molecule has 0 N–H and O–H groups in total. The molecule has 0 amide bonds. The normalized spacial score (nSPS) is 9.62. The maximum absolute atomic E-state index is 11.3. The van der Waals surface area contributed by atoms with E-state index in [1.54, 1.807) is 13.8 Å². The Morgan fingerprint density at radius 3 is 2.05 bits per heavy atom. The van der Waals surface area contributed by atoms with Crippen LogP contribution in [0.1, 0.15) is 13.8 Å². The van der Waals surface area contributed by atoms with Crippen LogP contribution in [0.5, 0.6) is 11.5 Å². The highest BCUT2D eigenvalue weighted by Crippen LogP contribution is 2.32. The van der Waals surface area contributed by atoms with Crippen LogP contribution in [0.3, 0.4) is 0 Å². The minimum Gasteiger partial charge on any atom is -0.434 e. The summed E-state index contributed by atoms with van der Waals surface area (Å²) in [4.78, 5) is 32.5. The highest BCUT2D eigenvalue weighted by molar-refractivity contribution is 5.69. The molecule has 21 heavy (non-hydrogen) atoms. The van der Waals surface area contributed by atoms with Gasteiger partial charge in [-0.2, -0.15) is 0 Å². The van der Waals surface area contributed by atoms with Crippen molar-refractivity contribution in [3.8, 4) is 11.5 Å². The Balaban J connectivity index is 3.01. The number of hydrogen-bond acceptors (Lipinski definition) is 8. The Hall–Kier alpha value is -2.84. The fraction of sp³-hybridized carbons (Fsp3) is 0.333. The van der Waals surface area contributed by atoms with Crippen LogP contribution in [0.25, 0.3) is 0 Å². The lowest BCUT2D eigenvalue weighted by Crippen LogP contribution is -2.14. The van der Waals surface area contributed by atoms with E-state index in [1.165, 1.54) is 0 Å². The lowest BCUT2D eigenvalue weighted by Gasteiger charge is -2.09. The number of carbonyl (C=O) groups is 2. The predicted molar refractivity (Wildman–Crippen MR) is 68.4 cm³/mol. The molecule has 9 nitrogen and oxygen atoms in total. The van der Waals surface area contributed by atoms with Crippen molar-refractivity contribution in [3.05, 3.63) is 28.3 Å². The van der Waals surface area contributed by atoms with Crippen LogP contribution in [0.2, 0.25) is 0 Å². The zero-order chi connectivity index (χ0) is 15.8. The Morgan fingerprint density at radius 2 is 1.57 bits per heavy atom. The molecule has 0 radical (unpaired) electrons. The number of nitro groups is 1. The number of nitro benzene ring substituents is 1. The molecule has 0 aromatic heterocycles. The lowest BCUT2D eigenvalue weighted by atomic mass is 10.3. The second kappa shape index (κ2) is 7.68. The highest BCUT2D eigenvalue weighted by Gasteiger charge is 2.19. The Morgan fingerprint density at radius 1 is 1.05 bits per heavy atom. The summed E-state index contributed by atoms with van der Waals surface area (Å²) in [6.45, 7) is 3.28. The standard InChI is InChI=1S/C12H13NO8/c1-3-18-11(14)20-9-6-5-8(13(16)17)7-10(9)21-12(15)19-4-2/h5-7H,3-4H2,1-2H3. The van der Waals surface area contributed by atoms with Crippen LogP contribution in [0, 0.1) is 10.1 Å². The summed E-state index contributed by atoms with van der Waals surface area (Å²) in [5.41, 5.74) is -0.342. The van der Waals surface area contributed by atoms with Gasteiger partial charge in [0, 0.05) is 6.07 Å². The predicted octanol–water partition coefficient (Wildman–Crippen LogP) is 2.67. The average molecular weight is 299 g/mol. The molecule has 0 bridgehead atoms. The van der Waals surface area contributed by atoms with Gasteiger partial charge in [0.25, 0.3) is 5.69 Å². The van der Waals surface area contributed by atoms with E-state index < -0.39 is 17.2 Å². The van der Waals surface area contributed by atoms with E-state index in [0.29, 0.717) is 0 Å². The maximum atomic E-state index is 11.3. The summed E-state index contributed by atoms with van der Waals surface area (Å²) in [6.07, 6.45) is -2.10. The van der Waals surface area contributed by atoms with Crippen LogP contribution in [-0.2, 0) is 9.47 Å². The van der Waals surface area contributed by atoms with Gasteiger partial charge in [-0.3, -0.25) is 10.1 Å². The summed E-state index contributed by atoms with van der Waals surface area (Å²) < 4.78 is 18.7. The van der Waals surface area contributed by atoms with Crippen molar-refractivity contribution in [2.45, 2.75) is 13.8 Å². The van der Waals surface area contributed by atoms with E-state index >= 15 is 0 Å². The van der Waals surface area contributed by atoms with Gasteiger partial charge in [-0.05, 0) is 19.9 Å².